The van der Waals surface area contributed by atoms with Gasteiger partial charge in [0, 0.05) is 10.5 Å². The quantitative estimate of drug-likeness (QED) is 0.853. The third kappa shape index (κ3) is 3.24. The molecule has 2 N–H and O–H groups in total. The van der Waals surface area contributed by atoms with Crippen LogP contribution < -0.4 is 4.72 Å². The van der Waals surface area contributed by atoms with Crippen molar-refractivity contribution in [3.05, 3.63) is 46.1 Å². The van der Waals surface area contributed by atoms with Crippen molar-refractivity contribution in [3.8, 4) is 0 Å². The first-order chi connectivity index (χ1) is 9.70. The first-order valence-electron chi connectivity index (χ1n) is 5.52. The van der Waals surface area contributed by atoms with Crippen LogP contribution in [0.15, 0.2) is 38.1 Å². The number of furan rings is 1. The molecule has 0 unspecified atom stereocenters. The Labute approximate surface area is 127 Å². The van der Waals surface area contributed by atoms with Gasteiger partial charge in [-0.1, -0.05) is 15.9 Å². The molecule has 0 amide bonds. The largest absolute Gasteiger partial charge is 0.475 e. The molecule has 0 aliphatic rings. The lowest BCUT2D eigenvalue weighted by atomic mass is 10.3. The van der Waals surface area contributed by atoms with Crippen LogP contribution >= 0.6 is 15.9 Å². The van der Waals surface area contributed by atoms with Crippen LogP contribution in [0.5, 0.6) is 0 Å². The number of sulfonamides is 1. The normalized spacial score (nSPS) is 11.4. The lowest BCUT2D eigenvalue weighted by Crippen LogP contribution is -2.14. The molecular weight excluding hydrogens is 369 g/mol. The average Bonchev–Trinajstić information content (AvgIpc) is 2.76. The van der Waals surface area contributed by atoms with E-state index >= 15 is 0 Å². The molecule has 2 rings (SSSR count). The Bertz CT molecular complexity index is 815. The first-order valence-corrected chi connectivity index (χ1v) is 7.80. The Morgan fingerprint density at radius 1 is 1.38 bits per heavy atom. The number of rotatable bonds is 4. The lowest BCUT2D eigenvalue weighted by Gasteiger charge is -2.08. The fraction of sp³-hybridized carbons (Fsp3) is 0.0833. The van der Waals surface area contributed by atoms with Crippen LogP contribution in [0.4, 0.5) is 10.1 Å². The highest BCUT2D eigenvalue weighted by atomic mass is 79.9. The molecule has 0 atom stereocenters. The van der Waals surface area contributed by atoms with Crippen molar-refractivity contribution in [2.75, 3.05) is 4.72 Å². The van der Waals surface area contributed by atoms with Gasteiger partial charge in [-0.2, -0.15) is 0 Å². The summed E-state index contributed by atoms with van der Waals surface area (Å²) in [5.74, 6) is -2.77. The third-order valence-electron chi connectivity index (χ3n) is 2.55. The summed E-state index contributed by atoms with van der Waals surface area (Å²) in [5, 5.41) is 8.78. The van der Waals surface area contributed by atoms with Crippen molar-refractivity contribution < 1.29 is 27.1 Å². The summed E-state index contributed by atoms with van der Waals surface area (Å²) >= 11 is 3.05. The summed E-state index contributed by atoms with van der Waals surface area (Å²) in [7, 11) is -4.15. The molecule has 1 aromatic carbocycles. The second-order valence-electron chi connectivity index (χ2n) is 4.07. The number of halogens is 2. The second kappa shape index (κ2) is 5.49. The van der Waals surface area contributed by atoms with Crippen LogP contribution in [0.25, 0.3) is 0 Å². The van der Waals surface area contributed by atoms with E-state index < -0.39 is 27.6 Å². The van der Waals surface area contributed by atoms with E-state index in [1.807, 2.05) is 4.72 Å². The van der Waals surface area contributed by atoms with Crippen LogP contribution in [0.2, 0.25) is 0 Å². The zero-order chi connectivity index (χ0) is 15.8. The molecule has 0 fully saturated rings. The van der Waals surface area contributed by atoms with Gasteiger partial charge in [-0.15, -0.1) is 0 Å². The Hall–Kier alpha value is -1.87. The number of carbonyl (C=O) groups is 1. The maximum atomic E-state index is 13.7. The van der Waals surface area contributed by atoms with Gasteiger partial charge >= 0.3 is 5.97 Å². The van der Waals surface area contributed by atoms with Crippen LogP contribution in [0.1, 0.15) is 16.3 Å². The van der Waals surface area contributed by atoms with Gasteiger partial charge in [-0.25, -0.2) is 17.6 Å². The number of carboxylic acid groups (broad SMARTS) is 1. The van der Waals surface area contributed by atoms with Crippen molar-refractivity contribution in [2.45, 2.75) is 11.8 Å². The molecule has 0 aliphatic carbocycles. The highest BCUT2D eigenvalue weighted by molar-refractivity contribution is 9.10. The molecular formula is C12H9BrFNO5S. The molecule has 2 aromatic rings. The van der Waals surface area contributed by atoms with E-state index in [0.29, 0.717) is 4.47 Å². The zero-order valence-electron chi connectivity index (χ0n) is 10.6. The molecule has 0 saturated heterocycles. The number of hydrogen-bond donors (Lipinski definition) is 2. The maximum absolute atomic E-state index is 13.7. The predicted molar refractivity (Wildman–Crippen MR) is 75.3 cm³/mol. The molecule has 0 spiro atoms. The van der Waals surface area contributed by atoms with Crippen molar-refractivity contribution in [3.63, 3.8) is 0 Å². The summed E-state index contributed by atoms with van der Waals surface area (Å²) in [6.07, 6.45) is 0. The van der Waals surface area contributed by atoms with E-state index in [9.17, 15) is 17.6 Å². The number of anilines is 1. The maximum Gasteiger partial charge on any atom is 0.371 e. The molecule has 0 saturated carbocycles. The molecule has 6 nitrogen and oxygen atoms in total. The first kappa shape index (κ1) is 15.5. The Morgan fingerprint density at radius 3 is 2.57 bits per heavy atom. The van der Waals surface area contributed by atoms with Crippen molar-refractivity contribution in [1.29, 1.82) is 0 Å². The zero-order valence-corrected chi connectivity index (χ0v) is 13.0. The molecule has 0 aliphatic heterocycles. The SMILES string of the molecule is Cc1oc(C(=O)O)cc1S(=O)(=O)Nc1ccc(Br)cc1F. The smallest absolute Gasteiger partial charge is 0.371 e. The monoisotopic (exact) mass is 377 g/mol. The van der Waals surface area contributed by atoms with E-state index in [0.717, 1.165) is 12.1 Å². The highest BCUT2D eigenvalue weighted by Gasteiger charge is 2.24. The van der Waals surface area contributed by atoms with Gasteiger partial charge in [0.2, 0.25) is 5.76 Å². The summed E-state index contributed by atoms with van der Waals surface area (Å²) < 4.78 is 45.3. The van der Waals surface area contributed by atoms with Crippen molar-refractivity contribution in [1.82, 2.24) is 0 Å². The molecule has 21 heavy (non-hydrogen) atoms. The molecule has 1 aromatic heterocycles. The minimum atomic E-state index is -4.15. The third-order valence-corrected chi connectivity index (χ3v) is 4.51. The number of hydrogen-bond acceptors (Lipinski definition) is 4. The average molecular weight is 378 g/mol. The van der Waals surface area contributed by atoms with E-state index in [-0.39, 0.29) is 16.3 Å². The van der Waals surface area contributed by atoms with Crippen LogP contribution in [-0.2, 0) is 10.0 Å². The van der Waals surface area contributed by atoms with E-state index in [4.69, 9.17) is 9.52 Å². The minimum absolute atomic E-state index is 0.0996. The number of nitrogens with one attached hydrogen (secondary N) is 1. The Morgan fingerprint density at radius 2 is 2.05 bits per heavy atom. The summed E-state index contributed by atoms with van der Waals surface area (Å²) in [5.41, 5.74) is -0.254. The molecule has 9 heteroatoms. The Kier molecular flexibility index (Phi) is 4.06. The van der Waals surface area contributed by atoms with Gasteiger partial charge in [0.05, 0.1) is 5.69 Å². The standard InChI is InChI=1S/C12H9BrFNO5S/c1-6-11(5-10(20-6)12(16)17)21(18,19)15-9-3-2-7(13)4-8(9)14/h2-5,15H,1H3,(H,16,17). The molecule has 1 heterocycles. The van der Waals surface area contributed by atoms with Gasteiger partial charge in [0.1, 0.15) is 16.5 Å². The van der Waals surface area contributed by atoms with Crippen LogP contribution in [0, 0.1) is 12.7 Å². The van der Waals surface area contributed by atoms with Gasteiger partial charge < -0.3 is 9.52 Å². The fourth-order valence-corrected chi connectivity index (χ4v) is 3.19. The van der Waals surface area contributed by atoms with Gasteiger partial charge in [0.15, 0.2) is 0 Å². The lowest BCUT2D eigenvalue weighted by molar-refractivity contribution is 0.0661. The van der Waals surface area contributed by atoms with Gasteiger partial charge in [0.25, 0.3) is 10.0 Å². The summed E-state index contributed by atoms with van der Waals surface area (Å²) in [4.78, 5) is 10.4. The minimum Gasteiger partial charge on any atom is -0.475 e. The second-order valence-corrected chi connectivity index (χ2v) is 6.63. The fourth-order valence-electron chi connectivity index (χ4n) is 1.61. The number of aryl methyl sites for hydroxylation is 1. The molecule has 0 radical (unpaired) electrons. The van der Waals surface area contributed by atoms with Crippen LogP contribution in [0.3, 0.4) is 0 Å². The van der Waals surface area contributed by atoms with E-state index in [2.05, 4.69) is 15.9 Å². The number of carboxylic acids is 1. The molecule has 0 bridgehead atoms. The topological polar surface area (TPSA) is 96.6 Å². The predicted octanol–water partition coefficient (Wildman–Crippen LogP) is 2.99. The van der Waals surface area contributed by atoms with Crippen LogP contribution in [-0.4, -0.2) is 19.5 Å². The van der Waals surface area contributed by atoms with Crippen molar-refractivity contribution >= 4 is 37.6 Å². The summed E-state index contributed by atoms with van der Waals surface area (Å²) in [6.45, 7) is 1.30. The van der Waals surface area contributed by atoms with E-state index in [1.54, 1.807) is 0 Å². The highest BCUT2D eigenvalue weighted by Crippen LogP contribution is 2.25. The van der Waals surface area contributed by atoms with Gasteiger partial charge in [-0.05, 0) is 25.1 Å². The van der Waals surface area contributed by atoms with E-state index in [1.165, 1.54) is 19.1 Å². The van der Waals surface area contributed by atoms with Crippen molar-refractivity contribution in [2.24, 2.45) is 0 Å². The number of aromatic carboxylic acids is 1. The molecule has 112 valence electrons. The number of benzene rings is 1. The summed E-state index contributed by atoms with van der Waals surface area (Å²) in [6, 6.07) is 4.68. The van der Waals surface area contributed by atoms with Gasteiger partial charge in [-0.3, -0.25) is 4.72 Å². The Balaban J connectivity index is 2.41.